The number of rotatable bonds is 3. The normalized spacial score (nSPS) is 27.9. The lowest BCUT2D eigenvalue weighted by molar-refractivity contribution is -0.305. The van der Waals surface area contributed by atoms with Gasteiger partial charge in [-0.25, -0.2) is 9.78 Å². The fraction of sp³-hybridized carbons (Fsp3) is 0.444. The highest BCUT2D eigenvalue weighted by Crippen LogP contribution is 2.33. The maximum atomic E-state index is 11.4. The standard InChI is InChI=1S/C18H21N3O6/c1-18(2)14(25-3)12(22)13(23)16(27-18)26-9-5-4-8-6-11-15(19-10(8)7-9)21-17(24)20-11/h4-7,12-14,16,22-23H,1-3H3,(H2,19,20,21,24)/t12?,13?,14-,16?/m1/s1. The van der Waals surface area contributed by atoms with Crippen LogP contribution in [-0.2, 0) is 9.47 Å². The number of methoxy groups -OCH3 is 1. The largest absolute Gasteiger partial charge is 0.462 e. The lowest BCUT2D eigenvalue weighted by Crippen LogP contribution is -2.63. The zero-order valence-electron chi connectivity index (χ0n) is 15.1. The number of aromatic nitrogens is 3. The summed E-state index contributed by atoms with van der Waals surface area (Å²) in [6.45, 7) is 3.51. The molecule has 4 rings (SSSR count). The molecule has 3 aromatic rings. The molecule has 144 valence electrons. The van der Waals surface area contributed by atoms with E-state index in [1.54, 1.807) is 38.1 Å². The summed E-state index contributed by atoms with van der Waals surface area (Å²) >= 11 is 0. The Bertz CT molecular complexity index is 1040. The number of aromatic amines is 2. The van der Waals surface area contributed by atoms with Gasteiger partial charge in [0.05, 0.1) is 16.6 Å². The zero-order chi connectivity index (χ0) is 19.3. The van der Waals surface area contributed by atoms with Gasteiger partial charge < -0.3 is 29.4 Å². The molecular formula is C18H21N3O6. The topological polar surface area (TPSA) is 130 Å². The summed E-state index contributed by atoms with van der Waals surface area (Å²) in [7, 11) is 1.45. The van der Waals surface area contributed by atoms with Crippen LogP contribution >= 0.6 is 0 Å². The first-order chi connectivity index (χ1) is 12.8. The van der Waals surface area contributed by atoms with Gasteiger partial charge in [0, 0.05) is 18.6 Å². The highest BCUT2D eigenvalue weighted by molar-refractivity contribution is 5.89. The average Bonchev–Trinajstić information content (AvgIpc) is 2.96. The minimum atomic E-state index is -1.28. The van der Waals surface area contributed by atoms with Gasteiger partial charge in [-0.3, -0.25) is 4.98 Å². The van der Waals surface area contributed by atoms with Crippen LogP contribution in [0.2, 0.25) is 0 Å². The van der Waals surface area contributed by atoms with E-state index in [0.29, 0.717) is 22.4 Å². The molecule has 27 heavy (non-hydrogen) atoms. The van der Waals surface area contributed by atoms with Gasteiger partial charge in [0.2, 0.25) is 6.29 Å². The number of ether oxygens (including phenoxy) is 3. The molecule has 3 unspecified atom stereocenters. The smallest absolute Gasteiger partial charge is 0.325 e. The van der Waals surface area contributed by atoms with Crippen LogP contribution in [0.15, 0.2) is 29.1 Å². The lowest BCUT2D eigenvalue weighted by atomic mass is 9.89. The van der Waals surface area contributed by atoms with Crippen molar-refractivity contribution in [3.05, 3.63) is 34.7 Å². The molecule has 0 aliphatic carbocycles. The van der Waals surface area contributed by atoms with Crippen molar-refractivity contribution < 1.29 is 24.4 Å². The summed E-state index contributed by atoms with van der Waals surface area (Å²) in [6, 6.07) is 6.98. The number of aliphatic hydroxyl groups is 2. The Labute approximate surface area is 153 Å². The van der Waals surface area contributed by atoms with E-state index in [-0.39, 0.29) is 5.69 Å². The third kappa shape index (κ3) is 3.08. The number of benzene rings is 1. The van der Waals surface area contributed by atoms with Gasteiger partial charge in [-0.2, -0.15) is 0 Å². The van der Waals surface area contributed by atoms with E-state index in [1.807, 2.05) is 0 Å². The van der Waals surface area contributed by atoms with Crippen LogP contribution in [0.25, 0.3) is 22.1 Å². The van der Waals surface area contributed by atoms with Crippen molar-refractivity contribution in [2.24, 2.45) is 0 Å². The van der Waals surface area contributed by atoms with Gasteiger partial charge in [-0.1, -0.05) is 0 Å². The molecule has 1 aromatic carbocycles. The minimum Gasteiger partial charge on any atom is -0.462 e. The molecule has 4 N–H and O–H groups in total. The van der Waals surface area contributed by atoms with Crippen LogP contribution in [0, 0.1) is 0 Å². The highest BCUT2D eigenvalue weighted by atomic mass is 16.7. The van der Waals surface area contributed by atoms with Gasteiger partial charge in [0.1, 0.15) is 24.1 Å². The number of aliphatic hydroxyl groups excluding tert-OH is 2. The van der Waals surface area contributed by atoms with Crippen LogP contribution in [0.4, 0.5) is 0 Å². The summed E-state index contributed by atoms with van der Waals surface area (Å²) in [4.78, 5) is 21.1. The van der Waals surface area contributed by atoms with Gasteiger partial charge in [-0.05, 0) is 32.0 Å². The first kappa shape index (κ1) is 17.9. The Morgan fingerprint density at radius 1 is 1.19 bits per heavy atom. The van der Waals surface area contributed by atoms with E-state index in [1.165, 1.54) is 7.11 Å². The second kappa shape index (κ2) is 6.31. The van der Waals surface area contributed by atoms with E-state index in [0.717, 1.165) is 5.39 Å². The first-order valence-corrected chi connectivity index (χ1v) is 8.55. The number of hydrogen-bond donors (Lipinski definition) is 4. The Morgan fingerprint density at radius 2 is 1.96 bits per heavy atom. The second-order valence-electron chi connectivity index (χ2n) is 7.16. The zero-order valence-corrected chi connectivity index (χ0v) is 15.1. The van der Waals surface area contributed by atoms with E-state index in [2.05, 4.69) is 15.0 Å². The van der Waals surface area contributed by atoms with Gasteiger partial charge in [0.25, 0.3) is 0 Å². The minimum absolute atomic E-state index is 0.327. The van der Waals surface area contributed by atoms with Crippen LogP contribution in [0.3, 0.4) is 0 Å². The summed E-state index contributed by atoms with van der Waals surface area (Å²) < 4.78 is 16.9. The number of nitrogens with one attached hydrogen (secondary N) is 2. The number of H-pyrrole nitrogens is 2. The third-order valence-corrected chi connectivity index (χ3v) is 4.82. The summed E-state index contributed by atoms with van der Waals surface area (Å²) in [5.41, 5.74) is 0.479. The Hall–Kier alpha value is -2.46. The van der Waals surface area contributed by atoms with Crippen molar-refractivity contribution in [1.29, 1.82) is 0 Å². The number of hydrogen-bond acceptors (Lipinski definition) is 7. The van der Waals surface area contributed by atoms with Crippen LogP contribution in [0.1, 0.15) is 13.8 Å². The number of pyridine rings is 1. The van der Waals surface area contributed by atoms with Crippen molar-refractivity contribution in [2.75, 3.05) is 7.11 Å². The molecule has 1 aliphatic rings. The molecule has 0 radical (unpaired) electrons. The lowest BCUT2D eigenvalue weighted by Gasteiger charge is -2.46. The fourth-order valence-corrected chi connectivity index (χ4v) is 3.51. The third-order valence-electron chi connectivity index (χ3n) is 4.82. The highest BCUT2D eigenvalue weighted by Gasteiger charge is 2.50. The molecule has 4 atom stereocenters. The Balaban J connectivity index is 1.64. The maximum absolute atomic E-state index is 11.4. The molecule has 0 bridgehead atoms. The molecule has 0 saturated carbocycles. The van der Waals surface area contributed by atoms with Crippen molar-refractivity contribution in [3.8, 4) is 5.75 Å². The van der Waals surface area contributed by atoms with Crippen molar-refractivity contribution in [1.82, 2.24) is 15.0 Å². The second-order valence-corrected chi connectivity index (χ2v) is 7.16. The molecule has 0 spiro atoms. The van der Waals surface area contributed by atoms with E-state index in [4.69, 9.17) is 14.2 Å². The van der Waals surface area contributed by atoms with Crippen molar-refractivity contribution >= 4 is 22.1 Å². The number of imidazole rings is 1. The van der Waals surface area contributed by atoms with E-state index < -0.39 is 30.2 Å². The quantitative estimate of drug-likeness (QED) is 0.529. The van der Waals surface area contributed by atoms with Gasteiger partial charge in [-0.15, -0.1) is 0 Å². The molecule has 1 fully saturated rings. The Morgan fingerprint density at radius 3 is 2.70 bits per heavy atom. The monoisotopic (exact) mass is 375 g/mol. The fourth-order valence-electron chi connectivity index (χ4n) is 3.51. The average molecular weight is 375 g/mol. The molecule has 3 heterocycles. The first-order valence-electron chi connectivity index (χ1n) is 8.55. The van der Waals surface area contributed by atoms with E-state index in [9.17, 15) is 15.0 Å². The van der Waals surface area contributed by atoms with Crippen LogP contribution < -0.4 is 10.4 Å². The van der Waals surface area contributed by atoms with Gasteiger partial charge in [0.15, 0.2) is 5.65 Å². The van der Waals surface area contributed by atoms with Crippen LogP contribution in [-0.4, -0.2) is 62.5 Å². The van der Waals surface area contributed by atoms with Crippen molar-refractivity contribution in [2.45, 2.75) is 44.1 Å². The Kier molecular flexibility index (Phi) is 4.19. The van der Waals surface area contributed by atoms with Crippen molar-refractivity contribution in [3.63, 3.8) is 0 Å². The predicted octanol–water partition coefficient (Wildman–Crippen LogP) is 0.655. The predicted molar refractivity (Wildman–Crippen MR) is 96.6 cm³/mol. The molecule has 2 aromatic heterocycles. The SMILES string of the molecule is CO[C@@H]1C(O)C(O)C(Oc2ccc3cc4[nH]c(=O)[nH]c4nc3c2)OC1(C)C. The number of nitrogens with zero attached hydrogens (tertiary/aromatic N) is 1. The molecule has 1 saturated heterocycles. The molecule has 1 aliphatic heterocycles. The number of fused-ring (bicyclic) bond motifs is 2. The van der Waals surface area contributed by atoms with E-state index >= 15 is 0 Å². The summed E-state index contributed by atoms with van der Waals surface area (Å²) in [5.74, 6) is 0.412. The molecule has 9 nitrogen and oxygen atoms in total. The molecule has 0 amide bonds. The molecular weight excluding hydrogens is 354 g/mol. The summed E-state index contributed by atoms with van der Waals surface area (Å²) in [5, 5.41) is 21.5. The van der Waals surface area contributed by atoms with Crippen LogP contribution in [0.5, 0.6) is 5.75 Å². The maximum Gasteiger partial charge on any atom is 0.325 e. The summed E-state index contributed by atoms with van der Waals surface area (Å²) in [6.07, 6.45) is -4.21. The van der Waals surface area contributed by atoms with Gasteiger partial charge >= 0.3 is 5.69 Å². The molecule has 9 heteroatoms.